The molecule has 2 aliphatic rings. The van der Waals surface area contributed by atoms with Crippen LogP contribution in [0.15, 0.2) is 30.3 Å². The highest BCUT2D eigenvalue weighted by molar-refractivity contribution is 5.20. The lowest BCUT2D eigenvalue weighted by Gasteiger charge is -2.39. The maximum absolute atomic E-state index is 6.06. The molecule has 2 saturated heterocycles. The van der Waals surface area contributed by atoms with Gasteiger partial charge in [0.25, 0.3) is 0 Å². The van der Waals surface area contributed by atoms with E-state index in [0.717, 1.165) is 12.6 Å². The standard InChI is InChI=1S/C17H25NO/c1-2-3-10-15-11-7-12-17-18(15)16(13-19-17)14-8-5-4-6-9-14/h4-6,8-9,15-17H,2-3,7,10-13H2,1H3/t15-,16+,17?/m0/s1. The summed E-state index contributed by atoms with van der Waals surface area (Å²) in [6, 6.07) is 12.1. The first kappa shape index (κ1) is 13.1. The van der Waals surface area contributed by atoms with Gasteiger partial charge in [-0.05, 0) is 31.2 Å². The molecular weight excluding hydrogens is 234 g/mol. The predicted molar refractivity (Wildman–Crippen MR) is 77.9 cm³/mol. The van der Waals surface area contributed by atoms with Crippen LogP contribution in [0.25, 0.3) is 0 Å². The van der Waals surface area contributed by atoms with E-state index < -0.39 is 0 Å². The summed E-state index contributed by atoms with van der Waals surface area (Å²) in [5.74, 6) is 0. The molecule has 2 fully saturated rings. The van der Waals surface area contributed by atoms with Crippen molar-refractivity contribution in [3.05, 3.63) is 35.9 Å². The minimum absolute atomic E-state index is 0.376. The average molecular weight is 259 g/mol. The molecule has 1 aromatic carbocycles. The predicted octanol–water partition coefficient (Wildman–Crippen LogP) is 4.13. The molecular formula is C17H25NO. The minimum atomic E-state index is 0.376. The Morgan fingerprint density at radius 2 is 2.05 bits per heavy atom. The summed E-state index contributed by atoms with van der Waals surface area (Å²) in [4.78, 5) is 2.68. The summed E-state index contributed by atoms with van der Waals surface area (Å²) in [7, 11) is 0. The number of hydrogen-bond donors (Lipinski definition) is 0. The number of benzene rings is 1. The van der Waals surface area contributed by atoms with Crippen molar-refractivity contribution in [1.82, 2.24) is 4.90 Å². The van der Waals surface area contributed by atoms with Crippen LogP contribution in [0.4, 0.5) is 0 Å². The Hall–Kier alpha value is -0.860. The van der Waals surface area contributed by atoms with Crippen molar-refractivity contribution in [2.24, 2.45) is 0 Å². The summed E-state index contributed by atoms with van der Waals surface area (Å²) in [6.07, 6.45) is 8.24. The van der Waals surface area contributed by atoms with Crippen LogP contribution in [0.3, 0.4) is 0 Å². The molecule has 19 heavy (non-hydrogen) atoms. The molecule has 0 amide bonds. The van der Waals surface area contributed by atoms with Crippen LogP contribution in [0.2, 0.25) is 0 Å². The number of piperidine rings is 1. The first-order valence-corrected chi connectivity index (χ1v) is 7.84. The van der Waals surface area contributed by atoms with Gasteiger partial charge in [-0.1, -0.05) is 50.1 Å². The van der Waals surface area contributed by atoms with E-state index in [9.17, 15) is 0 Å². The molecule has 0 bridgehead atoms. The molecule has 0 aliphatic carbocycles. The van der Waals surface area contributed by atoms with Crippen LogP contribution >= 0.6 is 0 Å². The van der Waals surface area contributed by atoms with Crippen molar-refractivity contribution < 1.29 is 4.74 Å². The Kier molecular flexibility index (Phi) is 4.19. The quantitative estimate of drug-likeness (QED) is 0.806. The average Bonchev–Trinajstić information content (AvgIpc) is 2.90. The Morgan fingerprint density at radius 3 is 2.84 bits per heavy atom. The normalized spacial score (nSPS) is 31.3. The van der Waals surface area contributed by atoms with E-state index in [1.807, 2.05) is 0 Å². The van der Waals surface area contributed by atoms with E-state index in [0.29, 0.717) is 12.3 Å². The van der Waals surface area contributed by atoms with Crippen molar-refractivity contribution in [3.63, 3.8) is 0 Å². The largest absolute Gasteiger partial charge is 0.361 e. The van der Waals surface area contributed by atoms with E-state index in [1.54, 1.807) is 0 Å². The van der Waals surface area contributed by atoms with Gasteiger partial charge >= 0.3 is 0 Å². The lowest BCUT2D eigenvalue weighted by atomic mass is 9.93. The van der Waals surface area contributed by atoms with E-state index in [-0.39, 0.29) is 0 Å². The van der Waals surface area contributed by atoms with Crippen molar-refractivity contribution in [1.29, 1.82) is 0 Å². The fourth-order valence-electron chi connectivity index (χ4n) is 3.65. The molecule has 2 nitrogen and oxygen atoms in total. The zero-order valence-electron chi connectivity index (χ0n) is 11.9. The third-order valence-corrected chi connectivity index (χ3v) is 4.62. The van der Waals surface area contributed by atoms with Gasteiger partial charge < -0.3 is 4.74 Å². The molecule has 0 spiro atoms. The fraction of sp³-hybridized carbons (Fsp3) is 0.647. The number of fused-ring (bicyclic) bond motifs is 1. The van der Waals surface area contributed by atoms with Crippen LogP contribution in [-0.4, -0.2) is 23.8 Å². The highest BCUT2D eigenvalue weighted by atomic mass is 16.5. The monoisotopic (exact) mass is 259 g/mol. The molecule has 3 atom stereocenters. The number of hydrogen-bond acceptors (Lipinski definition) is 2. The van der Waals surface area contributed by atoms with Crippen LogP contribution in [0.1, 0.15) is 57.1 Å². The molecule has 0 saturated carbocycles. The molecule has 2 heteroatoms. The first-order chi connectivity index (χ1) is 9.40. The van der Waals surface area contributed by atoms with E-state index in [1.165, 1.54) is 44.1 Å². The molecule has 0 aromatic heterocycles. The number of nitrogens with zero attached hydrogens (tertiary/aromatic N) is 1. The van der Waals surface area contributed by atoms with Gasteiger partial charge in [-0.15, -0.1) is 0 Å². The Labute approximate surface area is 116 Å². The van der Waals surface area contributed by atoms with E-state index in [2.05, 4.69) is 42.2 Å². The van der Waals surface area contributed by atoms with Crippen molar-refractivity contribution >= 4 is 0 Å². The van der Waals surface area contributed by atoms with Gasteiger partial charge in [0.1, 0.15) is 6.23 Å². The molecule has 3 rings (SSSR count). The highest BCUT2D eigenvalue weighted by Gasteiger charge is 2.41. The summed E-state index contributed by atoms with van der Waals surface area (Å²) in [5.41, 5.74) is 1.42. The SMILES string of the molecule is CCCC[C@H]1CCCC2OC[C@H](c3ccccc3)N21. The van der Waals surface area contributed by atoms with Gasteiger partial charge in [0.2, 0.25) is 0 Å². The fourth-order valence-corrected chi connectivity index (χ4v) is 3.65. The molecule has 1 aromatic rings. The van der Waals surface area contributed by atoms with Gasteiger partial charge in [-0.2, -0.15) is 0 Å². The minimum Gasteiger partial charge on any atom is -0.361 e. The van der Waals surface area contributed by atoms with Gasteiger partial charge in [0.15, 0.2) is 0 Å². The van der Waals surface area contributed by atoms with Gasteiger partial charge in [0.05, 0.1) is 12.6 Å². The summed E-state index contributed by atoms with van der Waals surface area (Å²) in [6.45, 7) is 3.16. The smallest absolute Gasteiger partial charge is 0.111 e. The Bertz CT molecular complexity index is 392. The zero-order chi connectivity index (χ0) is 13.1. The molecule has 0 N–H and O–H groups in total. The van der Waals surface area contributed by atoms with Crippen LogP contribution < -0.4 is 0 Å². The lowest BCUT2D eigenvalue weighted by Crippen LogP contribution is -2.44. The summed E-state index contributed by atoms with van der Waals surface area (Å²) < 4.78 is 6.06. The maximum atomic E-state index is 6.06. The van der Waals surface area contributed by atoms with Crippen molar-refractivity contribution in [2.75, 3.05) is 6.61 Å². The zero-order valence-corrected chi connectivity index (χ0v) is 11.9. The molecule has 1 unspecified atom stereocenters. The van der Waals surface area contributed by atoms with E-state index >= 15 is 0 Å². The van der Waals surface area contributed by atoms with Gasteiger partial charge in [-0.3, -0.25) is 4.90 Å². The molecule has 2 heterocycles. The van der Waals surface area contributed by atoms with Crippen LogP contribution in [0.5, 0.6) is 0 Å². The lowest BCUT2D eigenvalue weighted by molar-refractivity contribution is -0.0286. The molecule has 0 radical (unpaired) electrons. The van der Waals surface area contributed by atoms with Crippen molar-refractivity contribution in [2.45, 2.75) is 63.8 Å². The first-order valence-electron chi connectivity index (χ1n) is 7.84. The maximum Gasteiger partial charge on any atom is 0.111 e. The second-order valence-electron chi connectivity index (χ2n) is 5.89. The van der Waals surface area contributed by atoms with Crippen LogP contribution in [0, 0.1) is 0 Å². The topological polar surface area (TPSA) is 12.5 Å². The molecule has 2 aliphatic heterocycles. The van der Waals surface area contributed by atoms with Gasteiger partial charge in [-0.25, -0.2) is 0 Å². The third-order valence-electron chi connectivity index (χ3n) is 4.62. The Balaban J connectivity index is 1.78. The number of unbranched alkanes of at least 4 members (excludes halogenated alkanes) is 1. The van der Waals surface area contributed by atoms with Crippen LogP contribution in [-0.2, 0) is 4.74 Å². The molecule has 104 valence electrons. The number of rotatable bonds is 4. The third kappa shape index (κ3) is 2.70. The van der Waals surface area contributed by atoms with E-state index in [4.69, 9.17) is 4.74 Å². The summed E-state index contributed by atoms with van der Waals surface area (Å²) >= 11 is 0. The van der Waals surface area contributed by atoms with Crippen molar-refractivity contribution in [3.8, 4) is 0 Å². The number of ether oxygens (including phenoxy) is 1. The second kappa shape index (κ2) is 6.06. The highest BCUT2D eigenvalue weighted by Crippen LogP contribution is 2.39. The second-order valence-corrected chi connectivity index (χ2v) is 5.89. The Morgan fingerprint density at radius 1 is 1.21 bits per heavy atom. The van der Waals surface area contributed by atoms with Gasteiger partial charge in [0, 0.05) is 6.04 Å². The summed E-state index contributed by atoms with van der Waals surface area (Å²) in [5, 5.41) is 0.